The Hall–Kier alpha value is -3.38. The quantitative estimate of drug-likeness (QED) is 0.158. The average molecular weight is 494 g/mol. The summed E-state index contributed by atoms with van der Waals surface area (Å²) in [5.41, 5.74) is 3.83. The van der Waals surface area contributed by atoms with Crippen molar-refractivity contribution in [3.05, 3.63) is 87.4 Å². The summed E-state index contributed by atoms with van der Waals surface area (Å²) in [5, 5.41) is 13.9. The standard InChI is InChI=1S/C28H32ClN3O3/c1-3-5-6-7-19-31(18-4-2)24-14-10-22(11-15-24)21-8-12-23(13-9-21)30-28(33)26-20-25(32(34)35)16-17-27(26)29/h8-17,20H,3-7,18-19H2,1-2H3,(H,30,33). The van der Waals surface area contributed by atoms with Gasteiger partial charge in [-0.3, -0.25) is 14.9 Å². The summed E-state index contributed by atoms with van der Waals surface area (Å²) in [7, 11) is 0. The van der Waals surface area contributed by atoms with Crippen molar-refractivity contribution in [1.29, 1.82) is 0 Å². The molecule has 1 N–H and O–H groups in total. The van der Waals surface area contributed by atoms with Gasteiger partial charge in [0, 0.05) is 36.6 Å². The summed E-state index contributed by atoms with van der Waals surface area (Å²) in [6.07, 6.45) is 6.13. The molecule has 0 unspecified atom stereocenters. The monoisotopic (exact) mass is 493 g/mol. The van der Waals surface area contributed by atoms with Crippen LogP contribution in [0.5, 0.6) is 0 Å². The molecule has 0 bridgehead atoms. The molecule has 6 nitrogen and oxygen atoms in total. The zero-order valence-corrected chi connectivity index (χ0v) is 21.1. The number of unbranched alkanes of at least 4 members (excludes halogenated alkanes) is 3. The van der Waals surface area contributed by atoms with Crippen LogP contribution in [0.2, 0.25) is 5.02 Å². The first-order valence-corrected chi connectivity index (χ1v) is 12.5. The van der Waals surface area contributed by atoms with E-state index in [0.717, 1.165) is 30.6 Å². The Morgan fingerprint density at radius 1 is 0.886 bits per heavy atom. The van der Waals surface area contributed by atoms with Crippen molar-refractivity contribution in [1.82, 2.24) is 0 Å². The number of nitro benzene ring substituents is 1. The van der Waals surface area contributed by atoms with E-state index in [9.17, 15) is 14.9 Å². The number of halogens is 1. The first-order valence-electron chi connectivity index (χ1n) is 12.1. The SMILES string of the molecule is CCCCCCN(CCC)c1ccc(-c2ccc(NC(=O)c3cc([N+](=O)[O-])ccc3Cl)cc2)cc1. The summed E-state index contributed by atoms with van der Waals surface area (Å²) in [4.78, 5) is 25.5. The molecule has 0 aromatic heterocycles. The van der Waals surface area contributed by atoms with Crippen LogP contribution >= 0.6 is 11.6 Å². The number of anilines is 2. The Bertz CT molecular complexity index is 1130. The molecule has 184 valence electrons. The van der Waals surface area contributed by atoms with Crippen molar-refractivity contribution in [3.8, 4) is 11.1 Å². The molecular formula is C28H32ClN3O3. The van der Waals surface area contributed by atoms with Crippen molar-refractivity contribution in [2.24, 2.45) is 0 Å². The lowest BCUT2D eigenvalue weighted by molar-refractivity contribution is -0.384. The van der Waals surface area contributed by atoms with Crippen LogP contribution in [-0.4, -0.2) is 23.9 Å². The lowest BCUT2D eigenvalue weighted by atomic mass is 10.0. The number of non-ortho nitro benzene ring substituents is 1. The smallest absolute Gasteiger partial charge is 0.270 e. The van der Waals surface area contributed by atoms with Crippen LogP contribution in [-0.2, 0) is 0 Å². The molecule has 35 heavy (non-hydrogen) atoms. The van der Waals surface area contributed by atoms with E-state index in [2.05, 4.69) is 48.3 Å². The highest BCUT2D eigenvalue weighted by molar-refractivity contribution is 6.34. The zero-order valence-electron chi connectivity index (χ0n) is 20.3. The molecule has 0 aliphatic carbocycles. The normalized spacial score (nSPS) is 10.7. The molecule has 1 amide bonds. The van der Waals surface area contributed by atoms with Crippen LogP contribution in [0.1, 0.15) is 56.3 Å². The molecule has 3 aromatic rings. The van der Waals surface area contributed by atoms with Gasteiger partial charge in [0.15, 0.2) is 0 Å². The Balaban J connectivity index is 1.67. The third-order valence-electron chi connectivity index (χ3n) is 5.89. The number of nitro groups is 1. The molecule has 3 aromatic carbocycles. The Labute approximate surface area is 212 Å². The molecule has 0 spiro atoms. The van der Waals surface area contributed by atoms with Gasteiger partial charge in [0.25, 0.3) is 11.6 Å². The fourth-order valence-electron chi connectivity index (χ4n) is 3.98. The molecule has 0 aliphatic heterocycles. The second kappa shape index (κ2) is 12.9. The van der Waals surface area contributed by atoms with Crippen molar-refractivity contribution in [2.45, 2.75) is 46.0 Å². The van der Waals surface area contributed by atoms with E-state index >= 15 is 0 Å². The summed E-state index contributed by atoms with van der Waals surface area (Å²) >= 11 is 6.08. The Morgan fingerprint density at radius 2 is 1.54 bits per heavy atom. The third-order valence-corrected chi connectivity index (χ3v) is 6.22. The van der Waals surface area contributed by atoms with E-state index in [1.807, 2.05) is 24.3 Å². The minimum absolute atomic E-state index is 0.0619. The van der Waals surface area contributed by atoms with Gasteiger partial charge in [0.05, 0.1) is 15.5 Å². The van der Waals surface area contributed by atoms with E-state index in [1.54, 1.807) is 0 Å². The van der Waals surface area contributed by atoms with Gasteiger partial charge in [0.2, 0.25) is 0 Å². The number of nitrogens with zero attached hydrogens (tertiary/aromatic N) is 2. The summed E-state index contributed by atoms with van der Waals surface area (Å²) < 4.78 is 0. The highest BCUT2D eigenvalue weighted by Gasteiger charge is 2.16. The topological polar surface area (TPSA) is 75.5 Å². The van der Waals surface area contributed by atoms with Crippen LogP contribution in [0.15, 0.2) is 66.7 Å². The lowest BCUT2D eigenvalue weighted by Crippen LogP contribution is -2.25. The lowest BCUT2D eigenvalue weighted by Gasteiger charge is -2.24. The summed E-state index contributed by atoms with van der Waals surface area (Å²) in [5.74, 6) is -0.495. The molecule has 0 fully saturated rings. The maximum absolute atomic E-state index is 12.6. The molecule has 3 rings (SSSR count). The van der Waals surface area contributed by atoms with Crippen LogP contribution in [0.3, 0.4) is 0 Å². The first kappa shape index (κ1) is 26.2. The predicted molar refractivity (Wildman–Crippen MR) is 145 cm³/mol. The van der Waals surface area contributed by atoms with Gasteiger partial charge < -0.3 is 10.2 Å². The molecule has 0 atom stereocenters. The number of amides is 1. The second-order valence-electron chi connectivity index (χ2n) is 8.55. The highest BCUT2D eigenvalue weighted by atomic mass is 35.5. The summed E-state index contributed by atoms with van der Waals surface area (Å²) in [6.45, 7) is 6.57. The number of hydrogen-bond donors (Lipinski definition) is 1. The maximum atomic E-state index is 12.6. The van der Waals surface area contributed by atoms with E-state index in [4.69, 9.17) is 11.6 Å². The van der Waals surface area contributed by atoms with Crippen molar-refractivity contribution < 1.29 is 9.72 Å². The largest absolute Gasteiger partial charge is 0.372 e. The van der Waals surface area contributed by atoms with E-state index < -0.39 is 10.8 Å². The molecule has 0 radical (unpaired) electrons. The third kappa shape index (κ3) is 7.30. The van der Waals surface area contributed by atoms with Crippen molar-refractivity contribution in [3.63, 3.8) is 0 Å². The molecule has 0 heterocycles. The molecule has 0 aliphatic rings. The van der Waals surface area contributed by atoms with Crippen LogP contribution in [0.4, 0.5) is 17.1 Å². The first-order chi connectivity index (χ1) is 16.9. The van der Waals surface area contributed by atoms with Crippen molar-refractivity contribution >= 4 is 34.6 Å². The second-order valence-corrected chi connectivity index (χ2v) is 8.95. The fourth-order valence-corrected chi connectivity index (χ4v) is 4.18. The zero-order chi connectivity index (χ0) is 25.2. The molecule has 7 heteroatoms. The van der Waals surface area contributed by atoms with Gasteiger partial charge in [-0.2, -0.15) is 0 Å². The molecular weight excluding hydrogens is 462 g/mol. The highest BCUT2D eigenvalue weighted by Crippen LogP contribution is 2.27. The van der Waals surface area contributed by atoms with Gasteiger partial charge in [-0.05, 0) is 54.3 Å². The molecule has 0 saturated heterocycles. The molecule has 0 saturated carbocycles. The predicted octanol–water partition coefficient (Wildman–Crippen LogP) is 7.96. The fraction of sp³-hybridized carbons (Fsp3) is 0.321. The number of hydrogen-bond acceptors (Lipinski definition) is 4. The van der Waals surface area contributed by atoms with Gasteiger partial charge in [0.1, 0.15) is 0 Å². The average Bonchev–Trinajstić information content (AvgIpc) is 2.86. The maximum Gasteiger partial charge on any atom is 0.270 e. The van der Waals surface area contributed by atoms with Gasteiger partial charge in [-0.15, -0.1) is 0 Å². The number of rotatable bonds is 12. The van der Waals surface area contributed by atoms with E-state index in [0.29, 0.717) is 5.69 Å². The van der Waals surface area contributed by atoms with Crippen LogP contribution in [0, 0.1) is 10.1 Å². The van der Waals surface area contributed by atoms with Gasteiger partial charge >= 0.3 is 0 Å². The minimum atomic E-state index is -0.554. The number of nitrogens with one attached hydrogen (secondary N) is 1. The summed E-state index contributed by atoms with van der Waals surface area (Å²) in [6, 6.07) is 19.9. The minimum Gasteiger partial charge on any atom is -0.372 e. The van der Waals surface area contributed by atoms with E-state index in [-0.39, 0.29) is 16.3 Å². The van der Waals surface area contributed by atoms with Gasteiger partial charge in [-0.25, -0.2) is 0 Å². The Morgan fingerprint density at radius 3 is 2.14 bits per heavy atom. The van der Waals surface area contributed by atoms with Crippen LogP contribution in [0.25, 0.3) is 11.1 Å². The van der Waals surface area contributed by atoms with Crippen LogP contribution < -0.4 is 10.2 Å². The number of benzene rings is 3. The Kier molecular flexibility index (Phi) is 9.67. The van der Waals surface area contributed by atoms with Crippen molar-refractivity contribution in [2.75, 3.05) is 23.3 Å². The number of carbonyl (C=O) groups excluding carboxylic acids is 1. The van der Waals surface area contributed by atoms with Gasteiger partial charge in [-0.1, -0.05) is 69.0 Å². The van der Waals surface area contributed by atoms with E-state index in [1.165, 1.54) is 49.6 Å². The number of carbonyl (C=O) groups is 1.